The molecule has 3 rings (SSSR count). The number of carbonyl (C=O) groups excluding carboxylic acids is 1. The number of carbonyl (C=O) groups is 1. The van der Waals surface area contributed by atoms with Crippen LogP contribution in [0.3, 0.4) is 0 Å². The number of amides is 1. The summed E-state index contributed by atoms with van der Waals surface area (Å²) in [6.45, 7) is 0. The van der Waals surface area contributed by atoms with Crippen molar-refractivity contribution in [2.75, 3.05) is 11.6 Å². The molecular formula is C17H15N3O2S. The first-order valence-corrected chi connectivity index (χ1v) is 8.53. The molecule has 0 saturated carbocycles. The summed E-state index contributed by atoms with van der Waals surface area (Å²) < 4.78 is 13.2. The lowest BCUT2D eigenvalue weighted by Crippen LogP contribution is -2.13. The topological polar surface area (TPSA) is 64.0 Å². The van der Waals surface area contributed by atoms with Crippen LogP contribution in [-0.2, 0) is 10.8 Å². The van der Waals surface area contributed by atoms with Crippen LogP contribution in [0.4, 0.5) is 5.69 Å². The maximum atomic E-state index is 12.4. The van der Waals surface area contributed by atoms with E-state index in [1.54, 1.807) is 43.0 Å². The van der Waals surface area contributed by atoms with Crippen molar-refractivity contribution in [3.63, 3.8) is 0 Å². The highest BCUT2D eigenvalue weighted by Crippen LogP contribution is 2.20. The van der Waals surface area contributed by atoms with Gasteiger partial charge in [0.1, 0.15) is 0 Å². The first kappa shape index (κ1) is 15.2. The fourth-order valence-electron chi connectivity index (χ4n) is 2.20. The molecule has 2 aromatic carbocycles. The SMILES string of the molecule is C[S@](=O)c1ccc(C(=O)Nc2ccccc2-n2ccnc2)cc1. The number of hydrogen-bond acceptors (Lipinski definition) is 3. The van der Waals surface area contributed by atoms with E-state index in [9.17, 15) is 9.00 Å². The molecule has 0 radical (unpaired) electrons. The minimum Gasteiger partial charge on any atom is -0.320 e. The van der Waals surface area contributed by atoms with Crippen LogP contribution in [0.2, 0.25) is 0 Å². The predicted octanol–water partition coefficient (Wildman–Crippen LogP) is 2.86. The third-order valence-corrected chi connectivity index (χ3v) is 4.32. The van der Waals surface area contributed by atoms with Crippen molar-refractivity contribution in [3.8, 4) is 5.69 Å². The largest absolute Gasteiger partial charge is 0.320 e. The number of para-hydroxylation sites is 2. The molecule has 0 aliphatic heterocycles. The lowest BCUT2D eigenvalue weighted by atomic mass is 10.2. The molecule has 1 amide bonds. The molecule has 1 aromatic heterocycles. The van der Waals surface area contributed by atoms with Crippen LogP contribution >= 0.6 is 0 Å². The molecule has 0 unspecified atom stereocenters. The normalized spacial score (nSPS) is 11.9. The lowest BCUT2D eigenvalue weighted by molar-refractivity contribution is 0.102. The molecule has 0 spiro atoms. The van der Waals surface area contributed by atoms with Gasteiger partial charge in [0.2, 0.25) is 0 Å². The second-order valence-corrected chi connectivity index (χ2v) is 6.30. The molecule has 1 atom stereocenters. The summed E-state index contributed by atoms with van der Waals surface area (Å²) in [6.07, 6.45) is 6.78. The number of nitrogens with zero attached hydrogens (tertiary/aromatic N) is 2. The summed E-state index contributed by atoms with van der Waals surface area (Å²) in [5.41, 5.74) is 2.04. The van der Waals surface area contributed by atoms with Crippen LogP contribution in [0.25, 0.3) is 5.69 Å². The second kappa shape index (κ2) is 6.58. The first-order valence-electron chi connectivity index (χ1n) is 6.97. The van der Waals surface area contributed by atoms with Crippen LogP contribution in [0.1, 0.15) is 10.4 Å². The van der Waals surface area contributed by atoms with Gasteiger partial charge in [-0.25, -0.2) is 4.98 Å². The Kier molecular flexibility index (Phi) is 4.34. The Morgan fingerprint density at radius 3 is 2.52 bits per heavy atom. The summed E-state index contributed by atoms with van der Waals surface area (Å²) in [5, 5.41) is 2.90. The molecule has 3 aromatic rings. The van der Waals surface area contributed by atoms with Crippen molar-refractivity contribution >= 4 is 22.4 Å². The zero-order valence-corrected chi connectivity index (χ0v) is 13.3. The quantitative estimate of drug-likeness (QED) is 0.802. The third-order valence-electron chi connectivity index (χ3n) is 3.38. The molecule has 1 heterocycles. The summed E-state index contributed by atoms with van der Waals surface area (Å²) in [5.74, 6) is -0.217. The maximum Gasteiger partial charge on any atom is 0.255 e. The van der Waals surface area contributed by atoms with Gasteiger partial charge >= 0.3 is 0 Å². The van der Waals surface area contributed by atoms with Gasteiger partial charge in [0.15, 0.2) is 0 Å². The lowest BCUT2D eigenvalue weighted by Gasteiger charge is -2.11. The van der Waals surface area contributed by atoms with E-state index in [1.807, 2.05) is 35.0 Å². The Labute approximate surface area is 136 Å². The highest BCUT2D eigenvalue weighted by Gasteiger charge is 2.10. The average Bonchev–Trinajstić information content (AvgIpc) is 3.09. The first-order chi connectivity index (χ1) is 11.1. The maximum absolute atomic E-state index is 12.4. The van der Waals surface area contributed by atoms with E-state index in [4.69, 9.17) is 0 Å². The molecule has 23 heavy (non-hydrogen) atoms. The number of hydrogen-bond donors (Lipinski definition) is 1. The molecule has 116 valence electrons. The molecule has 0 aliphatic carbocycles. The molecule has 5 nitrogen and oxygen atoms in total. The smallest absolute Gasteiger partial charge is 0.255 e. The van der Waals surface area contributed by atoms with Gasteiger partial charge in [-0.1, -0.05) is 12.1 Å². The minimum absolute atomic E-state index is 0.217. The fourth-order valence-corrected chi connectivity index (χ4v) is 2.72. The van der Waals surface area contributed by atoms with Gasteiger partial charge in [0, 0.05) is 39.9 Å². The van der Waals surface area contributed by atoms with Crippen molar-refractivity contribution in [3.05, 3.63) is 72.8 Å². The Hall–Kier alpha value is -2.73. The van der Waals surface area contributed by atoms with Crippen molar-refractivity contribution in [2.24, 2.45) is 0 Å². The molecule has 0 fully saturated rings. The molecule has 0 aliphatic rings. The van der Waals surface area contributed by atoms with Crippen LogP contribution < -0.4 is 5.32 Å². The van der Waals surface area contributed by atoms with Gasteiger partial charge < -0.3 is 9.88 Å². The number of benzene rings is 2. The number of aromatic nitrogens is 2. The second-order valence-electron chi connectivity index (χ2n) is 4.92. The Balaban J connectivity index is 1.85. The average molecular weight is 325 g/mol. The summed E-state index contributed by atoms with van der Waals surface area (Å²) in [4.78, 5) is 17.1. The van der Waals surface area contributed by atoms with E-state index < -0.39 is 10.8 Å². The fraction of sp³-hybridized carbons (Fsp3) is 0.0588. The molecule has 1 N–H and O–H groups in total. The van der Waals surface area contributed by atoms with Crippen molar-refractivity contribution < 1.29 is 9.00 Å². The zero-order valence-electron chi connectivity index (χ0n) is 12.5. The van der Waals surface area contributed by atoms with Crippen LogP contribution in [-0.4, -0.2) is 25.9 Å². The number of nitrogens with one attached hydrogen (secondary N) is 1. The van der Waals surface area contributed by atoms with Crippen LogP contribution in [0, 0.1) is 0 Å². The zero-order chi connectivity index (χ0) is 16.2. The van der Waals surface area contributed by atoms with Gasteiger partial charge in [-0.2, -0.15) is 0 Å². The van der Waals surface area contributed by atoms with Gasteiger partial charge in [-0.05, 0) is 36.4 Å². The molecule has 0 saturated heterocycles. The van der Waals surface area contributed by atoms with E-state index in [2.05, 4.69) is 10.3 Å². The highest BCUT2D eigenvalue weighted by atomic mass is 32.2. The summed E-state index contributed by atoms with van der Waals surface area (Å²) in [7, 11) is -1.05. The van der Waals surface area contributed by atoms with E-state index >= 15 is 0 Å². The third kappa shape index (κ3) is 3.37. The van der Waals surface area contributed by atoms with E-state index in [1.165, 1.54) is 0 Å². The predicted molar refractivity (Wildman–Crippen MR) is 90.3 cm³/mol. The monoisotopic (exact) mass is 325 g/mol. The van der Waals surface area contributed by atoms with Crippen molar-refractivity contribution in [1.82, 2.24) is 9.55 Å². The molecule has 6 heteroatoms. The van der Waals surface area contributed by atoms with E-state index in [0.717, 1.165) is 5.69 Å². The molecule has 0 bridgehead atoms. The Morgan fingerprint density at radius 2 is 1.87 bits per heavy atom. The van der Waals surface area contributed by atoms with Crippen molar-refractivity contribution in [2.45, 2.75) is 4.90 Å². The van der Waals surface area contributed by atoms with Crippen LogP contribution in [0.15, 0.2) is 72.1 Å². The van der Waals surface area contributed by atoms with E-state index in [-0.39, 0.29) is 5.91 Å². The number of imidazole rings is 1. The number of anilines is 1. The Bertz CT molecular complexity index is 843. The van der Waals surface area contributed by atoms with Crippen molar-refractivity contribution in [1.29, 1.82) is 0 Å². The van der Waals surface area contributed by atoms with Gasteiger partial charge in [0.25, 0.3) is 5.91 Å². The number of rotatable bonds is 4. The van der Waals surface area contributed by atoms with Gasteiger partial charge in [-0.3, -0.25) is 9.00 Å². The van der Waals surface area contributed by atoms with Crippen LogP contribution in [0.5, 0.6) is 0 Å². The minimum atomic E-state index is -1.05. The van der Waals surface area contributed by atoms with Gasteiger partial charge in [0.05, 0.1) is 17.7 Å². The van der Waals surface area contributed by atoms with E-state index in [0.29, 0.717) is 16.1 Å². The summed E-state index contributed by atoms with van der Waals surface area (Å²) >= 11 is 0. The highest BCUT2D eigenvalue weighted by molar-refractivity contribution is 7.84. The molecular weight excluding hydrogens is 310 g/mol. The summed E-state index contributed by atoms with van der Waals surface area (Å²) in [6, 6.07) is 14.2. The Morgan fingerprint density at radius 1 is 1.13 bits per heavy atom. The standard InChI is InChI=1S/C17H15N3O2S/c1-23(22)14-8-6-13(7-9-14)17(21)19-15-4-2-3-5-16(15)20-11-10-18-12-20/h2-12H,1H3,(H,19,21)/t23-/m0/s1. The van der Waals surface area contributed by atoms with Gasteiger partial charge in [-0.15, -0.1) is 0 Å².